The minimum Gasteiger partial charge on any atom is -0.493 e. The van der Waals surface area contributed by atoms with Crippen molar-refractivity contribution in [3.8, 4) is 0 Å². The summed E-state index contributed by atoms with van der Waals surface area (Å²) in [5, 5.41) is 0. The number of morpholine rings is 1. The standard InChI is InChI=1S/C17H19NO6/c19-16(18-6-8-21-9-7-18)15(13-4-2-1-3-5-13)24-17(20)14-12-22-10-11-23-14/h1-5,12,15H,6-11H2/t15-/m1/s1. The van der Waals surface area contributed by atoms with E-state index in [4.69, 9.17) is 18.9 Å². The smallest absolute Gasteiger partial charge is 0.378 e. The van der Waals surface area contributed by atoms with Gasteiger partial charge in [0.25, 0.3) is 5.91 Å². The monoisotopic (exact) mass is 333 g/mol. The van der Waals surface area contributed by atoms with E-state index in [-0.39, 0.29) is 18.3 Å². The Balaban J connectivity index is 1.78. The molecule has 0 saturated carbocycles. The molecule has 1 aromatic carbocycles. The van der Waals surface area contributed by atoms with Crippen molar-refractivity contribution in [3.63, 3.8) is 0 Å². The Morgan fingerprint density at radius 1 is 1.04 bits per heavy atom. The van der Waals surface area contributed by atoms with E-state index in [1.54, 1.807) is 29.2 Å². The largest absolute Gasteiger partial charge is 0.493 e. The molecule has 0 aliphatic carbocycles. The highest BCUT2D eigenvalue weighted by Gasteiger charge is 2.32. The number of carbonyl (C=O) groups is 2. The summed E-state index contributed by atoms with van der Waals surface area (Å²) in [7, 11) is 0. The summed E-state index contributed by atoms with van der Waals surface area (Å²) in [6.45, 7) is 2.55. The van der Waals surface area contributed by atoms with Gasteiger partial charge in [0.05, 0.1) is 13.2 Å². The Bertz CT molecular complexity index is 609. The van der Waals surface area contributed by atoms with Crippen LogP contribution in [0.4, 0.5) is 0 Å². The summed E-state index contributed by atoms with van der Waals surface area (Å²) in [5.74, 6) is -1.02. The highest BCUT2D eigenvalue weighted by atomic mass is 16.6. The predicted molar refractivity (Wildman–Crippen MR) is 82.7 cm³/mol. The number of carbonyl (C=O) groups excluding carboxylic acids is 2. The first-order valence-corrected chi connectivity index (χ1v) is 7.83. The molecule has 1 aromatic rings. The second kappa shape index (κ2) is 7.83. The van der Waals surface area contributed by atoms with Crippen molar-refractivity contribution in [3.05, 3.63) is 47.9 Å². The number of ether oxygens (including phenoxy) is 4. The molecule has 0 radical (unpaired) electrons. The summed E-state index contributed by atoms with van der Waals surface area (Å²) in [5.41, 5.74) is 0.611. The third kappa shape index (κ3) is 3.86. The fourth-order valence-electron chi connectivity index (χ4n) is 2.48. The maximum Gasteiger partial charge on any atom is 0.378 e. The fraction of sp³-hybridized carbons (Fsp3) is 0.412. The van der Waals surface area contributed by atoms with Crippen LogP contribution in [0.3, 0.4) is 0 Å². The molecule has 2 aliphatic rings. The van der Waals surface area contributed by atoms with Crippen LogP contribution < -0.4 is 0 Å². The first kappa shape index (κ1) is 16.3. The molecule has 1 saturated heterocycles. The third-order valence-electron chi connectivity index (χ3n) is 3.72. The summed E-state index contributed by atoms with van der Waals surface area (Å²) in [4.78, 5) is 26.7. The number of hydrogen-bond acceptors (Lipinski definition) is 6. The molecule has 3 rings (SSSR count). The second-order valence-electron chi connectivity index (χ2n) is 5.34. The van der Waals surface area contributed by atoms with Crippen LogP contribution in [0.1, 0.15) is 11.7 Å². The van der Waals surface area contributed by atoms with Crippen molar-refractivity contribution >= 4 is 11.9 Å². The van der Waals surface area contributed by atoms with Gasteiger partial charge in [-0.2, -0.15) is 0 Å². The average molecular weight is 333 g/mol. The molecule has 0 N–H and O–H groups in total. The lowest BCUT2D eigenvalue weighted by Crippen LogP contribution is -2.44. The molecule has 128 valence electrons. The van der Waals surface area contributed by atoms with Crippen LogP contribution in [0.15, 0.2) is 42.4 Å². The van der Waals surface area contributed by atoms with E-state index in [1.165, 1.54) is 6.26 Å². The second-order valence-corrected chi connectivity index (χ2v) is 5.34. The highest BCUT2D eigenvalue weighted by molar-refractivity contribution is 5.90. The van der Waals surface area contributed by atoms with Crippen LogP contribution in [0.5, 0.6) is 0 Å². The molecule has 7 nitrogen and oxygen atoms in total. The highest BCUT2D eigenvalue weighted by Crippen LogP contribution is 2.23. The number of nitrogens with zero attached hydrogens (tertiary/aromatic N) is 1. The lowest BCUT2D eigenvalue weighted by Gasteiger charge is -2.30. The Morgan fingerprint density at radius 3 is 2.46 bits per heavy atom. The van der Waals surface area contributed by atoms with Gasteiger partial charge in [-0.1, -0.05) is 30.3 Å². The first-order valence-electron chi connectivity index (χ1n) is 7.83. The van der Waals surface area contributed by atoms with Crippen LogP contribution in [0.2, 0.25) is 0 Å². The van der Waals surface area contributed by atoms with Gasteiger partial charge in [0.2, 0.25) is 11.9 Å². The summed E-state index contributed by atoms with van der Waals surface area (Å²) in [6.07, 6.45) is 0.191. The average Bonchev–Trinajstić information content (AvgIpc) is 2.67. The fourth-order valence-corrected chi connectivity index (χ4v) is 2.48. The van der Waals surface area contributed by atoms with Crippen molar-refractivity contribution in [2.24, 2.45) is 0 Å². The molecule has 2 aliphatic heterocycles. The van der Waals surface area contributed by atoms with E-state index < -0.39 is 12.1 Å². The molecular weight excluding hydrogens is 314 g/mol. The van der Waals surface area contributed by atoms with Crippen LogP contribution in [0, 0.1) is 0 Å². The molecule has 1 fully saturated rings. The molecule has 0 aromatic heterocycles. The topological polar surface area (TPSA) is 74.3 Å². The normalized spacial score (nSPS) is 18.7. The van der Waals surface area contributed by atoms with E-state index >= 15 is 0 Å². The number of rotatable bonds is 4. The van der Waals surface area contributed by atoms with Gasteiger partial charge in [-0.25, -0.2) is 4.79 Å². The minimum atomic E-state index is -1.02. The van der Waals surface area contributed by atoms with Crippen molar-refractivity contribution in [2.75, 3.05) is 39.5 Å². The van der Waals surface area contributed by atoms with Crippen LogP contribution in [-0.2, 0) is 28.5 Å². The summed E-state index contributed by atoms with van der Waals surface area (Å²) in [6, 6.07) is 8.93. The molecule has 24 heavy (non-hydrogen) atoms. The number of esters is 1. The van der Waals surface area contributed by atoms with Crippen LogP contribution in [-0.4, -0.2) is 56.3 Å². The first-order chi connectivity index (χ1) is 11.8. The summed E-state index contributed by atoms with van der Waals surface area (Å²) < 4.78 is 21.0. The number of benzene rings is 1. The van der Waals surface area contributed by atoms with Gasteiger partial charge in [0.15, 0.2) is 0 Å². The maximum absolute atomic E-state index is 12.8. The molecule has 1 amide bonds. The molecule has 1 atom stereocenters. The molecule has 0 spiro atoms. The lowest BCUT2D eigenvalue weighted by molar-refractivity contribution is -0.163. The van der Waals surface area contributed by atoms with E-state index in [1.807, 2.05) is 6.07 Å². The zero-order valence-corrected chi connectivity index (χ0v) is 13.2. The van der Waals surface area contributed by atoms with Gasteiger partial charge in [0.1, 0.15) is 19.5 Å². The van der Waals surface area contributed by atoms with Gasteiger partial charge < -0.3 is 23.8 Å². The summed E-state index contributed by atoms with van der Waals surface area (Å²) >= 11 is 0. The van der Waals surface area contributed by atoms with E-state index in [2.05, 4.69) is 0 Å². The lowest BCUT2D eigenvalue weighted by atomic mass is 10.1. The van der Waals surface area contributed by atoms with Gasteiger partial charge in [-0.05, 0) is 0 Å². The van der Waals surface area contributed by atoms with E-state index in [0.29, 0.717) is 38.5 Å². The zero-order chi connectivity index (χ0) is 16.8. The van der Waals surface area contributed by atoms with Crippen LogP contribution in [0.25, 0.3) is 0 Å². The Kier molecular flexibility index (Phi) is 5.32. The molecular formula is C17H19NO6. The maximum atomic E-state index is 12.8. The quantitative estimate of drug-likeness (QED) is 0.766. The van der Waals surface area contributed by atoms with E-state index in [0.717, 1.165) is 0 Å². The van der Waals surface area contributed by atoms with E-state index in [9.17, 15) is 9.59 Å². The van der Waals surface area contributed by atoms with Gasteiger partial charge >= 0.3 is 5.97 Å². The minimum absolute atomic E-state index is 0.0306. The Labute approximate surface area is 139 Å². The Morgan fingerprint density at radius 2 is 1.79 bits per heavy atom. The molecule has 2 heterocycles. The van der Waals surface area contributed by atoms with Crippen molar-refractivity contribution in [1.29, 1.82) is 0 Å². The van der Waals surface area contributed by atoms with Crippen molar-refractivity contribution < 1.29 is 28.5 Å². The zero-order valence-electron chi connectivity index (χ0n) is 13.2. The molecule has 7 heteroatoms. The predicted octanol–water partition coefficient (Wildman–Crippen LogP) is 1.02. The SMILES string of the molecule is O=C(O[C@@H](C(=O)N1CCOCC1)c1ccccc1)C1=COCCO1. The van der Waals surface area contributed by atoms with Gasteiger partial charge in [-0.3, -0.25) is 4.79 Å². The van der Waals surface area contributed by atoms with Crippen LogP contribution >= 0.6 is 0 Å². The molecule has 0 unspecified atom stereocenters. The van der Waals surface area contributed by atoms with Crippen molar-refractivity contribution in [2.45, 2.75) is 6.10 Å². The Hall–Kier alpha value is -2.54. The number of amides is 1. The molecule has 0 bridgehead atoms. The number of hydrogen-bond donors (Lipinski definition) is 0. The van der Waals surface area contributed by atoms with Gasteiger partial charge in [-0.15, -0.1) is 0 Å². The van der Waals surface area contributed by atoms with Crippen molar-refractivity contribution in [1.82, 2.24) is 4.90 Å². The van der Waals surface area contributed by atoms with Gasteiger partial charge in [0, 0.05) is 18.7 Å². The third-order valence-corrected chi connectivity index (χ3v) is 3.72.